The number of carbonyl (C=O) groups excluding carboxylic acids is 1. The van der Waals surface area contributed by atoms with Gasteiger partial charge in [-0.1, -0.05) is 0 Å². The van der Waals surface area contributed by atoms with Crippen molar-refractivity contribution in [3.8, 4) is 5.75 Å². The van der Waals surface area contributed by atoms with Gasteiger partial charge in [-0.3, -0.25) is 4.79 Å². The number of nitrogen functional groups attached to an aromatic ring is 1. The van der Waals surface area contributed by atoms with Crippen LogP contribution < -0.4 is 15.4 Å². The zero-order valence-corrected chi connectivity index (χ0v) is 13.8. The van der Waals surface area contributed by atoms with Gasteiger partial charge < -0.3 is 15.4 Å². The highest BCUT2D eigenvalue weighted by atomic mass is 32.1. The SMILES string of the molecule is CC(C)Oc1c(N(C)CC2CC2)sc(C(=O)C2CC2)c1N. The summed E-state index contributed by atoms with van der Waals surface area (Å²) in [5.74, 6) is 1.89. The highest BCUT2D eigenvalue weighted by Gasteiger charge is 2.35. The summed E-state index contributed by atoms with van der Waals surface area (Å²) in [6.45, 7) is 5.00. The van der Waals surface area contributed by atoms with E-state index in [4.69, 9.17) is 10.5 Å². The van der Waals surface area contributed by atoms with Crippen molar-refractivity contribution < 1.29 is 9.53 Å². The van der Waals surface area contributed by atoms with Gasteiger partial charge >= 0.3 is 0 Å². The molecular weight excluding hydrogens is 284 g/mol. The van der Waals surface area contributed by atoms with Crippen molar-refractivity contribution in [2.45, 2.75) is 45.6 Å². The largest absolute Gasteiger partial charge is 0.486 e. The van der Waals surface area contributed by atoms with Crippen molar-refractivity contribution >= 4 is 27.8 Å². The van der Waals surface area contributed by atoms with Crippen molar-refractivity contribution in [1.82, 2.24) is 0 Å². The fourth-order valence-electron chi connectivity index (χ4n) is 2.50. The lowest BCUT2D eigenvalue weighted by Gasteiger charge is -2.20. The molecule has 0 aromatic carbocycles. The predicted molar refractivity (Wildman–Crippen MR) is 87.5 cm³/mol. The summed E-state index contributed by atoms with van der Waals surface area (Å²) < 4.78 is 5.92. The third-order valence-corrected chi connectivity index (χ3v) is 5.30. The van der Waals surface area contributed by atoms with E-state index in [2.05, 4.69) is 11.9 Å². The molecule has 2 fully saturated rings. The van der Waals surface area contributed by atoms with Gasteiger partial charge in [0.1, 0.15) is 5.00 Å². The summed E-state index contributed by atoms with van der Waals surface area (Å²) in [7, 11) is 2.07. The van der Waals surface area contributed by atoms with E-state index in [9.17, 15) is 4.79 Å². The van der Waals surface area contributed by atoms with E-state index < -0.39 is 0 Å². The van der Waals surface area contributed by atoms with Crippen LogP contribution in [0.1, 0.15) is 49.2 Å². The van der Waals surface area contributed by atoms with Crippen molar-refractivity contribution in [2.75, 3.05) is 24.2 Å². The van der Waals surface area contributed by atoms with Gasteiger partial charge in [0.25, 0.3) is 0 Å². The lowest BCUT2D eigenvalue weighted by atomic mass is 10.2. The summed E-state index contributed by atoms with van der Waals surface area (Å²) in [4.78, 5) is 15.3. The van der Waals surface area contributed by atoms with Gasteiger partial charge in [0.2, 0.25) is 0 Å². The topological polar surface area (TPSA) is 55.6 Å². The molecule has 5 heteroatoms. The lowest BCUT2D eigenvalue weighted by Crippen LogP contribution is -2.20. The predicted octanol–water partition coefficient (Wildman–Crippen LogP) is 3.56. The maximum Gasteiger partial charge on any atom is 0.178 e. The molecule has 116 valence electrons. The Morgan fingerprint density at radius 1 is 1.38 bits per heavy atom. The first-order chi connectivity index (χ1) is 9.97. The number of carbonyl (C=O) groups is 1. The molecule has 1 heterocycles. The molecular formula is C16H24N2O2S. The fraction of sp³-hybridized carbons (Fsp3) is 0.688. The average molecular weight is 308 g/mol. The number of hydrogen-bond acceptors (Lipinski definition) is 5. The van der Waals surface area contributed by atoms with E-state index in [1.54, 1.807) is 0 Å². The van der Waals surface area contributed by atoms with Gasteiger partial charge in [-0.25, -0.2) is 0 Å². The zero-order chi connectivity index (χ0) is 15.1. The minimum Gasteiger partial charge on any atom is -0.486 e. The number of rotatable bonds is 7. The van der Waals surface area contributed by atoms with Crippen LogP contribution in [0, 0.1) is 11.8 Å². The molecule has 21 heavy (non-hydrogen) atoms. The van der Waals surface area contributed by atoms with Crippen LogP contribution in [0.3, 0.4) is 0 Å². The van der Waals surface area contributed by atoms with E-state index in [1.807, 2.05) is 13.8 Å². The molecule has 0 amide bonds. The van der Waals surface area contributed by atoms with Crippen LogP contribution in [-0.4, -0.2) is 25.5 Å². The first-order valence-corrected chi connectivity index (χ1v) is 8.63. The van der Waals surface area contributed by atoms with Gasteiger partial charge in [-0.15, -0.1) is 11.3 Å². The molecule has 2 saturated carbocycles. The Morgan fingerprint density at radius 2 is 2.05 bits per heavy atom. The Labute approximate surface area is 130 Å². The first kappa shape index (κ1) is 14.7. The second kappa shape index (κ2) is 5.52. The molecule has 0 radical (unpaired) electrons. The monoisotopic (exact) mass is 308 g/mol. The molecule has 0 spiro atoms. The van der Waals surface area contributed by atoms with Gasteiger partial charge in [0, 0.05) is 19.5 Å². The second-order valence-electron chi connectivity index (χ2n) is 6.61. The van der Waals surface area contributed by atoms with E-state index in [0.717, 1.165) is 30.3 Å². The molecule has 2 aliphatic carbocycles. The van der Waals surface area contributed by atoms with Crippen LogP contribution in [0.15, 0.2) is 0 Å². The van der Waals surface area contributed by atoms with Crippen LogP contribution in [0.25, 0.3) is 0 Å². The van der Waals surface area contributed by atoms with Crippen LogP contribution >= 0.6 is 11.3 Å². The number of anilines is 2. The van der Waals surface area contributed by atoms with Gasteiger partial charge in [0.05, 0.1) is 16.7 Å². The third kappa shape index (κ3) is 3.18. The molecule has 0 saturated heterocycles. The standard InChI is InChI=1S/C16H24N2O2S/c1-9(2)20-14-12(17)15(13(19)11-6-7-11)21-16(14)18(3)8-10-4-5-10/h9-11H,4-8,17H2,1-3H3. The maximum atomic E-state index is 12.4. The maximum absolute atomic E-state index is 12.4. The molecule has 0 aliphatic heterocycles. The fourth-order valence-corrected chi connectivity index (χ4v) is 3.65. The molecule has 0 unspecified atom stereocenters. The molecule has 0 atom stereocenters. The quantitative estimate of drug-likeness (QED) is 0.783. The van der Waals surface area contributed by atoms with E-state index >= 15 is 0 Å². The number of nitrogens with two attached hydrogens (primary N) is 1. The smallest absolute Gasteiger partial charge is 0.178 e. The molecule has 0 bridgehead atoms. The van der Waals surface area contributed by atoms with Crippen LogP contribution in [0.4, 0.5) is 10.7 Å². The number of Topliss-reactive ketones (excluding diaryl/α,β-unsaturated/α-hetero) is 1. The van der Waals surface area contributed by atoms with Gasteiger partial charge in [-0.05, 0) is 45.4 Å². The number of nitrogens with zero attached hydrogens (tertiary/aromatic N) is 1. The summed E-state index contributed by atoms with van der Waals surface area (Å²) in [6.07, 6.45) is 4.67. The minimum atomic E-state index is 0.0545. The van der Waals surface area contributed by atoms with Gasteiger partial charge in [-0.2, -0.15) is 0 Å². The van der Waals surface area contributed by atoms with Crippen molar-refractivity contribution in [3.05, 3.63) is 4.88 Å². The Balaban J connectivity index is 1.90. The Morgan fingerprint density at radius 3 is 2.57 bits per heavy atom. The van der Waals surface area contributed by atoms with Crippen molar-refractivity contribution in [2.24, 2.45) is 11.8 Å². The highest BCUT2D eigenvalue weighted by molar-refractivity contribution is 7.19. The normalized spacial score (nSPS) is 18.1. The van der Waals surface area contributed by atoms with E-state index in [1.165, 1.54) is 24.2 Å². The summed E-state index contributed by atoms with van der Waals surface area (Å²) in [5, 5.41) is 1.01. The van der Waals surface area contributed by atoms with Crippen molar-refractivity contribution in [3.63, 3.8) is 0 Å². The summed E-state index contributed by atoms with van der Waals surface area (Å²) >= 11 is 1.51. The zero-order valence-electron chi connectivity index (χ0n) is 13.0. The molecule has 3 rings (SSSR count). The molecule has 1 aromatic rings. The number of ether oxygens (including phenoxy) is 1. The van der Waals surface area contributed by atoms with Gasteiger partial charge in [0.15, 0.2) is 11.5 Å². The van der Waals surface area contributed by atoms with Crippen LogP contribution in [0.2, 0.25) is 0 Å². The van der Waals surface area contributed by atoms with Crippen LogP contribution in [-0.2, 0) is 0 Å². The Kier molecular flexibility index (Phi) is 3.86. The first-order valence-electron chi connectivity index (χ1n) is 7.81. The molecule has 1 aromatic heterocycles. The minimum absolute atomic E-state index is 0.0545. The Bertz CT molecular complexity index is 545. The Hall–Kier alpha value is -1.23. The van der Waals surface area contributed by atoms with E-state index in [-0.39, 0.29) is 17.8 Å². The number of hydrogen-bond donors (Lipinski definition) is 1. The number of ketones is 1. The third-order valence-electron chi connectivity index (χ3n) is 3.98. The van der Waals surface area contributed by atoms with Crippen molar-refractivity contribution in [1.29, 1.82) is 0 Å². The summed E-state index contributed by atoms with van der Waals surface area (Å²) in [6, 6.07) is 0. The molecule has 2 N–H and O–H groups in total. The number of thiophene rings is 1. The van der Waals surface area contributed by atoms with Crippen LogP contribution in [0.5, 0.6) is 5.75 Å². The highest BCUT2D eigenvalue weighted by Crippen LogP contribution is 2.48. The average Bonchev–Trinajstić information content (AvgIpc) is 3.30. The second-order valence-corrected chi connectivity index (χ2v) is 7.61. The van der Waals surface area contributed by atoms with E-state index in [0.29, 0.717) is 16.3 Å². The lowest BCUT2D eigenvalue weighted by molar-refractivity contribution is 0.0972. The molecule has 2 aliphatic rings. The summed E-state index contributed by atoms with van der Waals surface area (Å²) in [5.41, 5.74) is 6.79. The molecule has 4 nitrogen and oxygen atoms in total.